The molecule has 1 aromatic heterocycles. The lowest BCUT2D eigenvalue weighted by Gasteiger charge is -2.31. The van der Waals surface area contributed by atoms with Crippen LogP contribution in [0, 0.1) is 0 Å². The second kappa shape index (κ2) is 5.56. The lowest BCUT2D eigenvalue weighted by molar-refractivity contribution is 0.211. The van der Waals surface area contributed by atoms with Gasteiger partial charge in [0.25, 0.3) is 0 Å². The third-order valence-electron chi connectivity index (χ3n) is 3.14. The van der Waals surface area contributed by atoms with E-state index in [1.54, 1.807) is 5.38 Å². The summed E-state index contributed by atoms with van der Waals surface area (Å²) in [6, 6.07) is 1.51. The van der Waals surface area contributed by atoms with E-state index in [0.717, 1.165) is 43.8 Å². The van der Waals surface area contributed by atoms with Gasteiger partial charge in [0.2, 0.25) is 10.0 Å². The maximum atomic E-state index is 12.1. The monoisotopic (exact) mass is 289 g/mol. The standard InChI is InChI=1S/C11H19N3O2S2/c1-2-14-5-3-4-10(7-14)13-18(15,16)11-6-9(12)8-17-11/h6,8,10,13H,2-5,7,12H2,1H3. The summed E-state index contributed by atoms with van der Waals surface area (Å²) in [6.07, 6.45) is 1.93. The predicted molar refractivity (Wildman–Crippen MR) is 74.2 cm³/mol. The second-order valence-corrected chi connectivity index (χ2v) is 7.40. The molecule has 1 aromatic rings. The van der Waals surface area contributed by atoms with Crippen LogP contribution in [0.3, 0.4) is 0 Å². The van der Waals surface area contributed by atoms with Gasteiger partial charge < -0.3 is 10.6 Å². The number of nitrogens with one attached hydrogen (secondary N) is 1. The normalized spacial score (nSPS) is 22.2. The minimum atomic E-state index is -3.41. The Hall–Kier alpha value is -0.630. The zero-order valence-electron chi connectivity index (χ0n) is 10.4. The van der Waals surface area contributed by atoms with Gasteiger partial charge in [0.05, 0.1) is 0 Å². The van der Waals surface area contributed by atoms with E-state index in [1.807, 2.05) is 0 Å². The van der Waals surface area contributed by atoms with E-state index >= 15 is 0 Å². The third-order valence-corrected chi connectivity index (χ3v) is 6.11. The van der Waals surface area contributed by atoms with Crippen LogP contribution in [0.25, 0.3) is 0 Å². The van der Waals surface area contributed by atoms with Crippen molar-refractivity contribution >= 4 is 27.0 Å². The van der Waals surface area contributed by atoms with E-state index in [2.05, 4.69) is 16.5 Å². The summed E-state index contributed by atoms with van der Waals surface area (Å²) < 4.78 is 27.3. The number of piperidine rings is 1. The Labute approximate surface area is 112 Å². The van der Waals surface area contributed by atoms with Crippen molar-refractivity contribution in [3.05, 3.63) is 11.4 Å². The number of hydrogen-bond acceptors (Lipinski definition) is 5. The molecule has 1 fully saturated rings. The molecule has 102 valence electrons. The molecule has 1 aliphatic heterocycles. The molecule has 5 nitrogen and oxygen atoms in total. The highest BCUT2D eigenvalue weighted by Crippen LogP contribution is 2.22. The van der Waals surface area contributed by atoms with Gasteiger partial charge in [-0.15, -0.1) is 11.3 Å². The van der Waals surface area contributed by atoms with Crippen molar-refractivity contribution in [2.75, 3.05) is 25.4 Å². The van der Waals surface area contributed by atoms with Gasteiger partial charge in [-0.3, -0.25) is 0 Å². The predicted octanol–water partition coefficient (Wildman–Crippen LogP) is 1.09. The van der Waals surface area contributed by atoms with E-state index in [4.69, 9.17) is 5.73 Å². The highest BCUT2D eigenvalue weighted by Gasteiger charge is 2.25. The number of thiophene rings is 1. The van der Waals surface area contributed by atoms with Crippen LogP contribution in [-0.4, -0.2) is 39.0 Å². The van der Waals surface area contributed by atoms with Crippen LogP contribution in [0.1, 0.15) is 19.8 Å². The average molecular weight is 289 g/mol. The number of anilines is 1. The molecular formula is C11H19N3O2S2. The van der Waals surface area contributed by atoms with Gasteiger partial charge in [0.1, 0.15) is 4.21 Å². The number of rotatable bonds is 4. The fourth-order valence-electron chi connectivity index (χ4n) is 2.19. The Morgan fingerprint density at radius 1 is 1.61 bits per heavy atom. The zero-order valence-corrected chi connectivity index (χ0v) is 12.1. The van der Waals surface area contributed by atoms with Gasteiger partial charge in [-0.1, -0.05) is 6.92 Å². The quantitative estimate of drug-likeness (QED) is 0.870. The topological polar surface area (TPSA) is 75.4 Å². The van der Waals surface area contributed by atoms with Crippen LogP contribution in [0.4, 0.5) is 5.69 Å². The number of nitrogens with zero attached hydrogens (tertiary/aromatic N) is 1. The minimum Gasteiger partial charge on any atom is -0.398 e. The number of nitrogens with two attached hydrogens (primary N) is 1. The molecule has 0 saturated carbocycles. The Bertz CT molecular complexity index is 498. The van der Waals surface area contributed by atoms with E-state index in [-0.39, 0.29) is 6.04 Å². The van der Waals surface area contributed by atoms with Gasteiger partial charge in [0, 0.05) is 23.7 Å². The van der Waals surface area contributed by atoms with Gasteiger partial charge in [-0.05, 0) is 32.0 Å². The highest BCUT2D eigenvalue weighted by molar-refractivity contribution is 7.91. The van der Waals surface area contributed by atoms with Crippen molar-refractivity contribution in [2.45, 2.75) is 30.0 Å². The summed E-state index contributed by atoms with van der Waals surface area (Å²) >= 11 is 1.16. The first-order valence-corrected chi connectivity index (χ1v) is 8.46. The number of likely N-dealkylation sites (N-methyl/N-ethyl adjacent to an activating group) is 1. The Kier molecular flexibility index (Phi) is 4.26. The van der Waals surface area contributed by atoms with Crippen molar-refractivity contribution in [1.29, 1.82) is 0 Å². The summed E-state index contributed by atoms with van der Waals surface area (Å²) in [6.45, 7) is 4.90. The third kappa shape index (κ3) is 3.23. The molecule has 1 atom stereocenters. The van der Waals surface area contributed by atoms with Gasteiger partial charge in [0.15, 0.2) is 0 Å². The van der Waals surface area contributed by atoms with Crippen molar-refractivity contribution < 1.29 is 8.42 Å². The van der Waals surface area contributed by atoms with Crippen LogP contribution in [0.15, 0.2) is 15.7 Å². The van der Waals surface area contributed by atoms with E-state index in [1.165, 1.54) is 6.07 Å². The molecule has 2 heterocycles. The summed E-state index contributed by atoms with van der Waals surface area (Å²) in [5.74, 6) is 0. The zero-order chi connectivity index (χ0) is 13.2. The second-order valence-electron chi connectivity index (χ2n) is 4.55. The number of likely N-dealkylation sites (tertiary alicyclic amines) is 1. The summed E-state index contributed by atoms with van der Waals surface area (Å²) in [5.41, 5.74) is 6.06. The molecule has 3 N–H and O–H groups in total. The first kappa shape index (κ1) is 13.8. The summed E-state index contributed by atoms with van der Waals surface area (Å²) in [7, 11) is -3.41. The molecule has 0 aromatic carbocycles. The summed E-state index contributed by atoms with van der Waals surface area (Å²) in [4.78, 5) is 2.26. The minimum absolute atomic E-state index is 0.00650. The van der Waals surface area contributed by atoms with Gasteiger partial charge >= 0.3 is 0 Å². The first-order valence-electron chi connectivity index (χ1n) is 6.10. The van der Waals surface area contributed by atoms with Crippen LogP contribution in [-0.2, 0) is 10.0 Å². The lowest BCUT2D eigenvalue weighted by Crippen LogP contribution is -2.47. The van der Waals surface area contributed by atoms with Crippen molar-refractivity contribution in [1.82, 2.24) is 9.62 Å². The van der Waals surface area contributed by atoms with Crippen LogP contribution in [0.5, 0.6) is 0 Å². The van der Waals surface area contributed by atoms with Crippen LogP contribution in [0.2, 0.25) is 0 Å². The Morgan fingerprint density at radius 2 is 2.39 bits per heavy atom. The number of sulfonamides is 1. The van der Waals surface area contributed by atoms with E-state index < -0.39 is 10.0 Å². The molecule has 0 radical (unpaired) electrons. The lowest BCUT2D eigenvalue weighted by atomic mass is 10.1. The molecule has 1 aliphatic rings. The molecular weight excluding hydrogens is 270 g/mol. The molecule has 1 unspecified atom stereocenters. The molecule has 0 amide bonds. The molecule has 0 bridgehead atoms. The molecule has 7 heteroatoms. The van der Waals surface area contributed by atoms with Crippen LogP contribution >= 0.6 is 11.3 Å². The number of nitrogen functional groups attached to an aromatic ring is 1. The summed E-state index contributed by atoms with van der Waals surface area (Å²) in [5, 5.41) is 1.65. The SMILES string of the molecule is CCN1CCCC(NS(=O)(=O)c2cc(N)cs2)C1. The largest absolute Gasteiger partial charge is 0.398 e. The van der Waals surface area contributed by atoms with E-state index in [9.17, 15) is 8.42 Å². The van der Waals surface area contributed by atoms with E-state index in [0.29, 0.717) is 9.90 Å². The van der Waals surface area contributed by atoms with Crippen molar-refractivity contribution in [3.8, 4) is 0 Å². The number of hydrogen-bond donors (Lipinski definition) is 2. The molecule has 1 saturated heterocycles. The Morgan fingerprint density at radius 3 is 3.00 bits per heavy atom. The molecule has 0 aliphatic carbocycles. The molecule has 18 heavy (non-hydrogen) atoms. The highest BCUT2D eigenvalue weighted by atomic mass is 32.2. The van der Waals surface area contributed by atoms with Gasteiger partial charge in [-0.25, -0.2) is 13.1 Å². The smallest absolute Gasteiger partial charge is 0.250 e. The van der Waals surface area contributed by atoms with Crippen molar-refractivity contribution in [3.63, 3.8) is 0 Å². The van der Waals surface area contributed by atoms with Crippen LogP contribution < -0.4 is 10.5 Å². The fraction of sp³-hybridized carbons (Fsp3) is 0.636. The maximum absolute atomic E-state index is 12.1. The Balaban J connectivity index is 2.04. The fourth-order valence-corrected chi connectivity index (χ4v) is 4.55. The van der Waals surface area contributed by atoms with Gasteiger partial charge in [-0.2, -0.15) is 0 Å². The first-order chi connectivity index (χ1) is 8.51. The molecule has 0 spiro atoms. The molecule has 2 rings (SSSR count). The average Bonchev–Trinajstić information content (AvgIpc) is 2.76. The van der Waals surface area contributed by atoms with Crippen molar-refractivity contribution in [2.24, 2.45) is 0 Å². The maximum Gasteiger partial charge on any atom is 0.250 e.